The van der Waals surface area contributed by atoms with Crippen LogP contribution in [0.3, 0.4) is 0 Å². The minimum absolute atomic E-state index is 0.161. The van der Waals surface area contributed by atoms with Crippen molar-refractivity contribution >= 4 is 19.9 Å². The molecular weight excluding hydrogens is 478 g/mol. The Kier molecular flexibility index (Phi) is 7.01. The lowest BCUT2D eigenvalue weighted by molar-refractivity contribution is 0.306. The van der Waals surface area contributed by atoms with E-state index < -0.39 is 37.1 Å². The largest absolute Gasteiger partial charge is 0.270 e. The van der Waals surface area contributed by atoms with Crippen molar-refractivity contribution < 1.29 is 16.8 Å². The monoisotopic (exact) mass is 507 g/mol. The van der Waals surface area contributed by atoms with Gasteiger partial charge < -0.3 is 0 Å². The highest BCUT2D eigenvalue weighted by Crippen LogP contribution is 2.36. The van der Waals surface area contributed by atoms with Crippen LogP contribution in [0.5, 0.6) is 0 Å². The molecule has 0 bridgehead atoms. The topological polar surface area (TPSA) is 71.5 Å². The van der Waals surface area contributed by atoms with Gasteiger partial charge in [-0.1, -0.05) is 71.8 Å². The van der Waals surface area contributed by atoms with E-state index in [1.807, 2.05) is 44.2 Å². The second-order valence-electron chi connectivity index (χ2n) is 8.88. The van der Waals surface area contributed by atoms with E-state index in [1.54, 1.807) is 54.6 Å². The van der Waals surface area contributed by atoms with E-state index in [0.717, 1.165) is 16.7 Å². The Bertz CT molecular complexity index is 1430. The quantitative estimate of drug-likeness (QED) is 0.418. The highest BCUT2D eigenvalue weighted by molar-refractivity contribution is 7.92. The summed E-state index contributed by atoms with van der Waals surface area (Å²) in [6, 6.07) is 22.2. The summed E-state index contributed by atoms with van der Waals surface area (Å²) in [7, 11) is -7.71. The summed E-state index contributed by atoms with van der Waals surface area (Å²) in [5.74, 6) is -0.660. The van der Waals surface area contributed by atoms with Crippen molar-refractivity contribution in [1.82, 2.24) is 4.31 Å². The van der Waals surface area contributed by atoms with Crippen LogP contribution < -0.4 is 0 Å². The SMILES string of the molecule is C=C[C@H]1[C@H](Cc2ccccc2)N(S(=O)(=O)c2ccc(C)cc2)C=C[C@@H]1S(=O)(=O)c1ccc(C)cc1. The predicted octanol–water partition coefficient (Wildman–Crippen LogP) is 5.08. The molecule has 0 unspecified atom stereocenters. The standard InChI is InChI=1S/C28H29NO4S2/c1-4-26-27(20-23-8-6-5-7-9-23)29(35(32,33)25-16-12-22(3)13-17-25)19-18-28(26)34(30,31)24-14-10-21(2)11-15-24/h4-19,26-28H,1,20H2,2-3H3/t26-,27-,28-/m0/s1. The molecule has 1 heterocycles. The Balaban J connectivity index is 1.82. The van der Waals surface area contributed by atoms with Crippen LogP contribution in [0.25, 0.3) is 0 Å². The molecule has 5 nitrogen and oxygen atoms in total. The van der Waals surface area contributed by atoms with Crippen LogP contribution in [0, 0.1) is 19.8 Å². The molecule has 182 valence electrons. The molecule has 0 saturated heterocycles. The van der Waals surface area contributed by atoms with E-state index in [9.17, 15) is 16.8 Å². The van der Waals surface area contributed by atoms with E-state index >= 15 is 0 Å². The second kappa shape index (κ2) is 9.84. The molecule has 0 aliphatic carbocycles. The van der Waals surface area contributed by atoms with E-state index in [4.69, 9.17) is 0 Å². The van der Waals surface area contributed by atoms with Gasteiger partial charge in [-0.25, -0.2) is 16.8 Å². The third kappa shape index (κ3) is 4.97. The lowest BCUT2D eigenvalue weighted by Gasteiger charge is -2.40. The number of aryl methyl sites for hydroxylation is 2. The smallest absolute Gasteiger partial charge is 0.264 e. The number of sulfone groups is 1. The van der Waals surface area contributed by atoms with Crippen molar-refractivity contribution in [2.24, 2.45) is 5.92 Å². The summed E-state index contributed by atoms with van der Waals surface area (Å²) in [5.41, 5.74) is 2.82. The molecule has 1 aliphatic heterocycles. The third-order valence-electron chi connectivity index (χ3n) is 6.44. The molecule has 0 fully saturated rings. The zero-order valence-corrected chi connectivity index (χ0v) is 21.4. The first-order chi connectivity index (χ1) is 16.6. The minimum atomic E-state index is -3.93. The molecule has 7 heteroatoms. The number of hydrogen-bond acceptors (Lipinski definition) is 4. The van der Waals surface area contributed by atoms with Crippen molar-refractivity contribution in [2.75, 3.05) is 0 Å². The number of sulfonamides is 1. The molecule has 0 aromatic heterocycles. The van der Waals surface area contributed by atoms with Crippen molar-refractivity contribution in [1.29, 1.82) is 0 Å². The second-order valence-corrected chi connectivity index (χ2v) is 12.8. The first-order valence-corrected chi connectivity index (χ1v) is 14.4. The van der Waals surface area contributed by atoms with Crippen LogP contribution in [0.1, 0.15) is 16.7 Å². The molecule has 3 aromatic carbocycles. The van der Waals surface area contributed by atoms with Crippen LogP contribution in [-0.4, -0.2) is 32.4 Å². The lowest BCUT2D eigenvalue weighted by Crippen LogP contribution is -2.50. The molecule has 3 aromatic rings. The Labute approximate surface area is 208 Å². The van der Waals surface area contributed by atoms with Gasteiger partial charge in [-0.3, -0.25) is 4.31 Å². The fourth-order valence-electron chi connectivity index (χ4n) is 4.46. The number of hydrogen-bond donors (Lipinski definition) is 0. The molecule has 3 atom stereocenters. The maximum absolute atomic E-state index is 13.7. The summed E-state index contributed by atoms with van der Waals surface area (Å²) in [6.45, 7) is 7.72. The summed E-state index contributed by atoms with van der Waals surface area (Å²) in [4.78, 5) is 0.367. The molecule has 4 rings (SSSR count). The Morgan fingerprint density at radius 1 is 0.800 bits per heavy atom. The molecule has 35 heavy (non-hydrogen) atoms. The Morgan fingerprint density at radius 3 is 1.89 bits per heavy atom. The van der Waals surface area contributed by atoms with Crippen LogP contribution in [0.4, 0.5) is 0 Å². The van der Waals surface area contributed by atoms with Gasteiger partial charge in [-0.15, -0.1) is 6.58 Å². The molecule has 0 radical (unpaired) electrons. The van der Waals surface area contributed by atoms with Crippen molar-refractivity contribution in [3.8, 4) is 0 Å². The van der Waals surface area contributed by atoms with E-state index in [1.165, 1.54) is 16.6 Å². The van der Waals surface area contributed by atoms with Gasteiger partial charge in [-0.05, 0) is 56.2 Å². The maximum atomic E-state index is 13.7. The van der Waals surface area contributed by atoms with E-state index in [2.05, 4.69) is 6.58 Å². The lowest BCUT2D eigenvalue weighted by atomic mass is 9.88. The first kappa shape index (κ1) is 24.9. The number of benzene rings is 3. The van der Waals surface area contributed by atoms with Crippen LogP contribution >= 0.6 is 0 Å². The van der Waals surface area contributed by atoms with Crippen LogP contribution in [0.2, 0.25) is 0 Å². The van der Waals surface area contributed by atoms with Crippen molar-refractivity contribution in [3.05, 3.63) is 120 Å². The fourth-order valence-corrected chi connectivity index (χ4v) is 7.79. The molecule has 0 amide bonds. The Hall–Kier alpha value is -3.16. The minimum Gasteiger partial charge on any atom is -0.270 e. The van der Waals surface area contributed by atoms with Gasteiger partial charge in [0.25, 0.3) is 10.0 Å². The van der Waals surface area contributed by atoms with E-state index in [-0.39, 0.29) is 9.79 Å². The number of rotatable bonds is 7. The molecule has 0 spiro atoms. The molecular formula is C28H29NO4S2. The third-order valence-corrected chi connectivity index (χ3v) is 10.4. The van der Waals surface area contributed by atoms with Gasteiger partial charge in [0.2, 0.25) is 0 Å². The predicted molar refractivity (Wildman–Crippen MR) is 139 cm³/mol. The van der Waals surface area contributed by atoms with Gasteiger partial charge in [0.15, 0.2) is 9.84 Å². The first-order valence-electron chi connectivity index (χ1n) is 11.4. The van der Waals surface area contributed by atoms with Gasteiger partial charge >= 0.3 is 0 Å². The summed E-state index contributed by atoms with van der Waals surface area (Å²) >= 11 is 0. The molecule has 1 aliphatic rings. The molecule has 0 saturated carbocycles. The van der Waals surface area contributed by atoms with Gasteiger partial charge in [0.05, 0.1) is 21.1 Å². The van der Waals surface area contributed by atoms with Crippen molar-refractivity contribution in [2.45, 2.75) is 41.4 Å². The number of nitrogens with zero attached hydrogens (tertiary/aromatic N) is 1. The summed E-state index contributed by atoms with van der Waals surface area (Å²) < 4.78 is 56.1. The fraction of sp³-hybridized carbons (Fsp3) is 0.214. The average molecular weight is 508 g/mol. The molecule has 0 N–H and O–H groups in total. The zero-order chi connectivity index (χ0) is 25.2. The van der Waals surface area contributed by atoms with Crippen LogP contribution in [0.15, 0.2) is 114 Å². The summed E-state index contributed by atoms with van der Waals surface area (Å²) in [5, 5.41) is -0.944. The van der Waals surface area contributed by atoms with Gasteiger partial charge in [0.1, 0.15) is 0 Å². The summed E-state index contributed by atoms with van der Waals surface area (Å²) in [6.07, 6.45) is 4.81. The Morgan fingerprint density at radius 2 is 1.34 bits per heavy atom. The zero-order valence-electron chi connectivity index (χ0n) is 19.8. The normalized spacial score (nSPS) is 20.5. The highest BCUT2D eigenvalue weighted by Gasteiger charge is 2.44. The maximum Gasteiger partial charge on any atom is 0.264 e. The van der Waals surface area contributed by atoms with Gasteiger partial charge in [-0.2, -0.15) is 0 Å². The van der Waals surface area contributed by atoms with Crippen molar-refractivity contribution in [3.63, 3.8) is 0 Å². The highest BCUT2D eigenvalue weighted by atomic mass is 32.2. The van der Waals surface area contributed by atoms with E-state index in [0.29, 0.717) is 6.42 Å². The average Bonchev–Trinajstić information content (AvgIpc) is 2.84. The van der Waals surface area contributed by atoms with Crippen LogP contribution in [-0.2, 0) is 26.3 Å². The van der Waals surface area contributed by atoms with Gasteiger partial charge in [0, 0.05) is 12.1 Å².